The smallest absolute Gasteiger partial charge is 0.138 e. The molecule has 3 aromatic rings. The normalized spacial score (nSPS) is 11.3. The van der Waals surface area contributed by atoms with Gasteiger partial charge in [0.05, 0.1) is 17.9 Å². The third kappa shape index (κ3) is 2.61. The Labute approximate surface area is 115 Å². The van der Waals surface area contributed by atoms with Crippen LogP contribution in [0.15, 0.2) is 41.6 Å². The molecule has 19 heavy (non-hydrogen) atoms. The van der Waals surface area contributed by atoms with E-state index in [0.29, 0.717) is 5.25 Å². The van der Waals surface area contributed by atoms with Crippen molar-refractivity contribution >= 4 is 22.8 Å². The zero-order valence-electron chi connectivity index (χ0n) is 10.8. The summed E-state index contributed by atoms with van der Waals surface area (Å²) in [5.41, 5.74) is 2.82. The molecule has 0 saturated carbocycles. The van der Waals surface area contributed by atoms with Crippen LogP contribution in [0.1, 0.15) is 13.8 Å². The van der Waals surface area contributed by atoms with Crippen molar-refractivity contribution in [2.45, 2.75) is 24.0 Å². The summed E-state index contributed by atoms with van der Waals surface area (Å²) in [7, 11) is 0. The van der Waals surface area contributed by atoms with Crippen LogP contribution in [0, 0.1) is 0 Å². The quantitative estimate of drug-likeness (QED) is 0.740. The number of nitrogens with zero attached hydrogens (tertiary/aromatic N) is 3. The Balaban J connectivity index is 1.93. The summed E-state index contributed by atoms with van der Waals surface area (Å²) in [5.74, 6) is 0.853. The summed E-state index contributed by atoms with van der Waals surface area (Å²) in [6.45, 7) is 4.38. The molecule has 0 saturated heterocycles. The summed E-state index contributed by atoms with van der Waals surface area (Å²) in [6.07, 6.45) is 3.35. The number of H-pyrrole nitrogens is 1. The first kappa shape index (κ1) is 12.2. The Morgan fingerprint density at radius 3 is 2.47 bits per heavy atom. The van der Waals surface area contributed by atoms with E-state index < -0.39 is 0 Å². The SMILES string of the molecule is CC(C)Sc1ccc(-c2nc3cnncc3[nH]2)cc1. The predicted molar refractivity (Wildman–Crippen MR) is 78.1 cm³/mol. The van der Waals surface area contributed by atoms with Gasteiger partial charge in [-0.2, -0.15) is 10.2 Å². The van der Waals surface area contributed by atoms with Crippen molar-refractivity contribution in [2.24, 2.45) is 0 Å². The summed E-state index contributed by atoms with van der Waals surface area (Å²) in [5, 5.41) is 8.26. The van der Waals surface area contributed by atoms with Crippen LogP contribution >= 0.6 is 11.8 Å². The first-order valence-electron chi connectivity index (χ1n) is 6.16. The molecule has 0 radical (unpaired) electrons. The van der Waals surface area contributed by atoms with Crippen molar-refractivity contribution in [1.82, 2.24) is 20.2 Å². The van der Waals surface area contributed by atoms with Crippen molar-refractivity contribution in [2.75, 3.05) is 0 Å². The predicted octanol–water partition coefficient (Wildman–Crippen LogP) is 3.52. The van der Waals surface area contributed by atoms with Crippen molar-refractivity contribution in [1.29, 1.82) is 0 Å². The number of aromatic nitrogens is 4. The molecule has 0 fully saturated rings. The molecule has 4 nitrogen and oxygen atoms in total. The molecule has 0 aliphatic heterocycles. The van der Waals surface area contributed by atoms with E-state index in [1.807, 2.05) is 11.8 Å². The van der Waals surface area contributed by atoms with Gasteiger partial charge in [0.2, 0.25) is 0 Å². The fourth-order valence-corrected chi connectivity index (χ4v) is 2.71. The molecule has 96 valence electrons. The summed E-state index contributed by atoms with van der Waals surface area (Å²) in [4.78, 5) is 9.04. The minimum Gasteiger partial charge on any atom is -0.337 e. The second-order valence-corrected chi connectivity index (χ2v) is 6.21. The third-order valence-electron chi connectivity index (χ3n) is 2.69. The average Bonchev–Trinajstić information content (AvgIpc) is 2.82. The maximum absolute atomic E-state index is 4.51. The van der Waals surface area contributed by atoms with Gasteiger partial charge in [0.1, 0.15) is 11.3 Å². The highest BCUT2D eigenvalue weighted by Crippen LogP contribution is 2.26. The molecule has 0 aliphatic carbocycles. The van der Waals surface area contributed by atoms with Crippen LogP contribution in [0.2, 0.25) is 0 Å². The summed E-state index contributed by atoms with van der Waals surface area (Å²) in [6, 6.07) is 8.43. The van der Waals surface area contributed by atoms with E-state index in [9.17, 15) is 0 Å². The Bertz CT molecular complexity index is 655. The van der Waals surface area contributed by atoms with E-state index >= 15 is 0 Å². The van der Waals surface area contributed by atoms with Gasteiger partial charge < -0.3 is 4.98 Å². The lowest BCUT2D eigenvalue weighted by molar-refractivity contribution is 1.05. The average molecular weight is 270 g/mol. The van der Waals surface area contributed by atoms with Gasteiger partial charge in [-0.15, -0.1) is 11.8 Å². The van der Waals surface area contributed by atoms with Crippen LogP contribution in [0.25, 0.3) is 22.4 Å². The van der Waals surface area contributed by atoms with E-state index in [-0.39, 0.29) is 0 Å². The van der Waals surface area contributed by atoms with E-state index in [0.717, 1.165) is 22.4 Å². The maximum Gasteiger partial charge on any atom is 0.138 e. The second-order valence-electron chi connectivity index (χ2n) is 4.56. The van der Waals surface area contributed by atoms with Crippen LogP contribution in [0.5, 0.6) is 0 Å². The maximum atomic E-state index is 4.51. The van der Waals surface area contributed by atoms with Gasteiger partial charge in [0.25, 0.3) is 0 Å². The van der Waals surface area contributed by atoms with Crippen molar-refractivity contribution in [3.63, 3.8) is 0 Å². The lowest BCUT2D eigenvalue weighted by atomic mass is 10.2. The van der Waals surface area contributed by atoms with Gasteiger partial charge in [-0.25, -0.2) is 4.98 Å². The molecule has 0 bridgehead atoms. The second kappa shape index (κ2) is 5.01. The standard InChI is InChI=1S/C14H14N4S/c1-9(2)19-11-5-3-10(4-6-11)14-17-12-7-15-16-8-13(12)18-14/h3-9H,1-2H3,(H,17,18). The Kier molecular flexibility index (Phi) is 3.21. The van der Waals surface area contributed by atoms with E-state index in [4.69, 9.17) is 0 Å². The zero-order valence-corrected chi connectivity index (χ0v) is 11.6. The van der Waals surface area contributed by atoms with Crippen LogP contribution in [0.3, 0.4) is 0 Å². The molecular weight excluding hydrogens is 256 g/mol. The fourth-order valence-electron chi connectivity index (χ4n) is 1.88. The number of hydrogen-bond acceptors (Lipinski definition) is 4. The molecule has 5 heteroatoms. The fraction of sp³-hybridized carbons (Fsp3) is 0.214. The van der Waals surface area contributed by atoms with Crippen LogP contribution in [-0.4, -0.2) is 25.4 Å². The lowest BCUT2D eigenvalue weighted by Crippen LogP contribution is -1.86. The topological polar surface area (TPSA) is 54.5 Å². The summed E-state index contributed by atoms with van der Waals surface area (Å²) >= 11 is 1.86. The largest absolute Gasteiger partial charge is 0.337 e. The van der Waals surface area contributed by atoms with Gasteiger partial charge in [0, 0.05) is 15.7 Å². The first-order chi connectivity index (χ1) is 9.22. The Morgan fingerprint density at radius 2 is 1.79 bits per heavy atom. The van der Waals surface area contributed by atoms with Gasteiger partial charge >= 0.3 is 0 Å². The van der Waals surface area contributed by atoms with Crippen molar-refractivity contribution in [3.8, 4) is 11.4 Å². The molecule has 0 aliphatic rings. The molecule has 0 spiro atoms. The molecule has 3 rings (SSSR count). The zero-order chi connectivity index (χ0) is 13.2. The monoisotopic (exact) mass is 270 g/mol. The third-order valence-corrected chi connectivity index (χ3v) is 3.71. The molecule has 0 unspecified atom stereocenters. The highest BCUT2D eigenvalue weighted by Gasteiger charge is 2.06. The number of rotatable bonds is 3. The van der Waals surface area contributed by atoms with Gasteiger partial charge in [-0.1, -0.05) is 26.0 Å². The van der Waals surface area contributed by atoms with E-state index in [2.05, 4.69) is 58.3 Å². The highest BCUT2D eigenvalue weighted by atomic mass is 32.2. The number of thioether (sulfide) groups is 1. The van der Waals surface area contributed by atoms with Crippen LogP contribution in [-0.2, 0) is 0 Å². The molecule has 1 N–H and O–H groups in total. The lowest BCUT2D eigenvalue weighted by Gasteiger charge is -2.04. The Morgan fingerprint density at radius 1 is 1.05 bits per heavy atom. The van der Waals surface area contributed by atoms with Crippen LogP contribution in [0.4, 0.5) is 0 Å². The highest BCUT2D eigenvalue weighted by molar-refractivity contribution is 7.99. The molecule has 2 aromatic heterocycles. The minimum atomic E-state index is 0.592. The number of hydrogen-bond donors (Lipinski definition) is 1. The van der Waals surface area contributed by atoms with Gasteiger partial charge in [-0.05, 0) is 12.1 Å². The summed E-state index contributed by atoms with van der Waals surface area (Å²) < 4.78 is 0. The van der Waals surface area contributed by atoms with Gasteiger partial charge in [0.15, 0.2) is 0 Å². The van der Waals surface area contributed by atoms with E-state index in [1.54, 1.807) is 12.4 Å². The number of aromatic amines is 1. The number of fused-ring (bicyclic) bond motifs is 1. The van der Waals surface area contributed by atoms with E-state index in [1.165, 1.54) is 4.90 Å². The number of imidazole rings is 1. The molecule has 2 heterocycles. The minimum absolute atomic E-state index is 0.592. The molecule has 1 aromatic carbocycles. The molecular formula is C14H14N4S. The number of nitrogens with one attached hydrogen (secondary N) is 1. The Hall–Kier alpha value is -1.88. The number of benzene rings is 1. The van der Waals surface area contributed by atoms with Crippen molar-refractivity contribution in [3.05, 3.63) is 36.7 Å². The first-order valence-corrected chi connectivity index (χ1v) is 7.04. The van der Waals surface area contributed by atoms with Crippen molar-refractivity contribution < 1.29 is 0 Å². The molecule has 0 atom stereocenters. The van der Waals surface area contributed by atoms with Gasteiger partial charge in [-0.3, -0.25) is 0 Å². The molecule has 0 amide bonds. The van der Waals surface area contributed by atoms with Crippen LogP contribution < -0.4 is 0 Å².